The van der Waals surface area contributed by atoms with Crippen LogP contribution in [0.15, 0.2) is 42.5 Å². The Morgan fingerprint density at radius 2 is 1.96 bits per heavy atom. The largest absolute Gasteiger partial charge is 0.469 e. The number of benzene rings is 2. The Kier molecular flexibility index (Phi) is 6.63. The third-order valence-corrected chi connectivity index (χ3v) is 5.20. The van der Waals surface area contributed by atoms with Crippen LogP contribution in [0.4, 0.5) is 5.69 Å². The summed E-state index contributed by atoms with van der Waals surface area (Å²) in [7, 11) is 1.38. The summed E-state index contributed by atoms with van der Waals surface area (Å²) in [4.78, 5) is 11.3. The van der Waals surface area contributed by atoms with Crippen molar-refractivity contribution in [2.45, 2.75) is 11.7 Å². The predicted octanol–water partition coefficient (Wildman–Crippen LogP) is 4.96. The topological polar surface area (TPSA) is 52.3 Å². The second-order valence-corrected chi connectivity index (χ2v) is 6.93. The van der Waals surface area contributed by atoms with E-state index in [-0.39, 0.29) is 11.2 Å². The van der Waals surface area contributed by atoms with Gasteiger partial charge in [-0.05, 0) is 35.4 Å². The minimum Gasteiger partial charge on any atom is -0.469 e. The molecule has 0 spiro atoms. The van der Waals surface area contributed by atoms with Gasteiger partial charge in [-0.1, -0.05) is 41.4 Å². The van der Waals surface area contributed by atoms with Gasteiger partial charge in [-0.3, -0.25) is 4.79 Å². The third kappa shape index (κ3) is 4.80. The van der Waals surface area contributed by atoms with Crippen LogP contribution in [0.2, 0.25) is 10.0 Å². The number of halogens is 2. The van der Waals surface area contributed by atoms with Crippen molar-refractivity contribution in [3.8, 4) is 0 Å². The number of rotatable bonds is 6. The zero-order valence-corrected chi connectivity index (χ0v) is 14.9. The zero-order chi connectivity index (χ0) is 16.8. The molecule has 3 nitrogen and oxygen atoms in total. The molecule has 2 aromatic rings. The molecule has 0 aliphatic carbocycles. The Morgan fingerprint density at radius 3 is 2.65 bits per heavy atom. The molecular weight excluding hydrogens is 353 g/mol. The quantitative estimate of drug-likeness (QED) is 0.577. The first kappa shape index (κ1) is 18.0. The van der Waals surface area contributed by atoms with Crippen LogP contribution in [-0.2, 0) is 9.53 Å². The molecule has 6 heteroatoms. The van der Waals surface area contributed by atoms with Crippen LogP contribution in [0.1, 0.15) is 22.8 Å². The van der Waals surface area contributed by atoms with Crippen LogP contribution in [0, 0.1) is 0 Å². The van der Waals surface area contributed by atoms with Gasteiger partial charge < -0.3 is 10.5 Å². The molecule has 0 radical (unpaired) electrons. The number of hydrogen-bond acceptors (Lipinski definition) is 4. The average molecular weight is 370 g/mol. The van der Waals surface area contributed by atoms with E-state index in [1.165, 1.54) is 7.11 Å². The number of thioether (sulfide) groups is 1. The van der Waals surface area contributed by atoms with Gasteiger partial charge in [0, 0.05) is 21.5 Å². The summed E-state index contributed by atoms with van der Waals surface area (Å²) in [6, 6.07) is 13.0. The lowest BCUT2D eigenvalue weighted by molar-refractivity contribution is -0.140. The number of anilines is 1. The van der Waals surface area contributed by atoms with Crippen LogP contribution >= 0.6 is 35.0 Å². The van der Waals surface area contributed by atoms with E-state index in [2.05, 4.69) is 4.74 Å². The van der Waals surface area contributed by atoms with E-state index in [9.17, 15) is 4.79 Å². The number of hydrogen-bond donors (Lipinski definition) is 1. The van der Waals surface area contributed by atoms with Gasteiger partial charge in [-0.25, -0.2) is 0 Å². The van der Waals surface area contributed by atoms with Crippen molar-refractivity contribution in [2.24, 2.45) is 0 Å². The smallest absolute Gasteiger partial charge is 0.306 e. The van der Waals surface area contributed by atoms with Gasteiger partial charge in [-0.15, -0.1) is 11.8 Å². The van der Waals surface area contributed by atoms with Crippen molar-refractivity contribution in [1.82, 2.24) is 0 Å². The highest BCUT2D eigenvalue weighted by Gasteiger charge is 2.20. The molecule has 0 heterocycles. The second-order valence-electron chi connectivity index (χ2n) is 4.87. The Hall–Kier alpha value is -1.36. The van der Waals surface area contributed by atoms with Gasteiger partial charge in [-0.2, -0.15) is 0 Å². The fourth-order valence-corrected chi connectivity index (χ4v) is 3.95. The summed E-state index contributed by atoms with van der Waals surface area (Å²) in [5.74, 6) is 0.351. The van der Waals surface area contributed by atoms with E-state index in [4.69, 9.17) is 28.9 Å². The molecule has 0 saturated carbocycles. The fraction of sp³-hybridized carbons (Fsp3) is 0.235. The zero-order valence-electron chi connectivity index (χ0n) is 12.6. The van der Waals surface area contributed by atoms with E-state index in [1.54, 1.807) is 23.9 Å². The van der Waals surface area contributed by atoms with Crippen LogP contribution in [0.3, 0.4) is 0 Å². The van der Waals surface area contributed by atoms with Crippen molar-refractivity contribution >= 4 is 46.6 Å². The molecule has 0 aliphatic rings. The molecule has 0 aromatic heterocycles. The number of ether oxygens (including phenoxy) is 1. The maximum atomic E-state index is 11.3. The summed E-state index contributed by atoms with van der Waals surface area (Å²) in [5, 5.41) is 1.16. The summed E-state index contributed by atoms with van der Waals surface area (Å²) >= 11 is 14.1. The number of methoxy groups -OCH3 is 1. The minimum atomic E-state index is -0.241. The van der Waals surface area contributed by atoms with Gasteiger partial charge in [0.25, 0.3) is 0 Å². The first-order chi connectivity index (χ1) is 11.0. The van der Waals surface area contributed by atoms with E-state index in [0.29, 0.717) is 27.9 Å². The van der Waals surface area contributed by atoms with E-state index in [0.717, 1.165) is 11.1 Å². The monoisotopic (exact) mass is 369 g/mol. The van der Waals surface area contributed by atoms with E-state index >= 15 is 0 Å². The predicted molar refractivity (Wildman–Crippen MR) is 98.3 cm³/mol. The molecular formula is C17H17Cl2NO2S. The minimum absolute atomic E-state index is 0.105. The summed E-state index contributed by atoms with van der Waals surface area (Å²) in [6.07, 6.45) is 0.322. The molecule has 122 valence electrons. The van der Waals surface area contributed by atoms with Crippen molar-refractivity contribution < 1.29 is 9.53 Å². The van der Waals surface area contributed by atoms with Crippen LogP contribution in [0.5, 0.6) is 0 Å². The summed E-state index contributed by atoms with van der Waals surface area (Å²) in [5.41, 5.74) is 8.60. The lowest BCUT2D eigenvalue weighted by atomic mass is 10.0. The number of nitrogens with two attached hydrogens (primary N) is 1. The molecule has 2 aromatic carbocycles. The first-order valence-electron chi connectivity index (χ1n) is 7.00. The van der Waals surface area contributed by atoms with Crippen molar-refractivity contribution in [3.63, 3.8) is 0 Å². The molecule has 23 heavy (non-hydrogen) atoms. The number of carbonyl (C=O) groups excluding carboxylic acids is 1. The Morgan fingerprint density at radius 1 is 1.22 bits per heavy atom. The van der Waals surface area contributed by atoms with Gasteiger partial charge in [0.05, 0.1) is 18.8 Å². The van der Waals surface area contributed by atoms with E-state index < -0.39 is 0 Å². The number of nitrogen functional groups attached to an aromatic ring is 1. The Bertz CT molecular complexity index is 694. The van der Waals surface area contributed by atoms with Crippen LogP contribution in [-0.4, -0.2) is 18.8 Å². The van der Waals surface area contributed by atoms with Crippen LogP contribution in [0.25, 0.3) is 0 Å². The first-order valence-corrected chi connectivity index (χ1v) is 8.81. The number of esters is 1. The van der Waals surface area contributed by atoms with Crippen molar-refractivity contribution in [2.75, 3.05) is 18.6 Å². The Labute approximate surface area is 150 Å². The Balaban J connectivity index is 2.33. The average Bonchev–Trinajstić information content (AvgIpc) is 2.55. The molecule has 0 bridgehead atoms. The van der Waals surface area contributed by atoms with Crippen molar-refractivity contribution in [1.29, 1.82) is 0 Å². The highest BCUT2D eigenvalue weighted by atomic mass is 35.5. The second kappa shape index (κ2) is 8.48. The number of carbonyl (C=O) groups is 1. The molecule has 0 saturated heterocycles. The normalized spacial score (nSPS) is 12.0. The molecule has 2 N–H and O–H groups in total. The summed E-state index contributed by atoms with van der Waals surface area (Å²) < 4.78 is 4.69. The molecule has 1 atom stereocenters. The van der Waals surface area contributed by atoms with Gasteiger partial charge in [0.2, 0.25) is 0 Å². The molecule has 0 aliphatic heterocycles. The standard InChI is InChI=1S/C17H17Cl2NO2S/c1-22-16(21)8-9-23-17(12-4-2-3-5-14(12)19)13-10-11(18)6-7-15(13)20/h2-7,10,17H,8-9,20H2,1H3. The van der Waals surface area contributed by atoms with Gasteiger partial charge in [0.1, 0.15) is 0 Å². The summed E-state index contributed by atoms with van der Waals surface area (Å²) in [6.45, 7) is 0. The molecule has 1 unspecified atom stereocenters. The SMILES string of the molecule is COC(=O)CCSC(c1cc(Cl)ccc1N)c1ccccc1Cl. The molecule has 0 fully saturated rings. The van der Waals surface area contributed by atoms with Gasteiger partial charge in [0.15, 0.2) is 0 Å². The van der Waals surface area contributed by atoms with E-state index in [1.807, 2.05) is 30.3 Å². The fourth-order valence-electron chi connectivity index (χ4n) is 2.17. The molecule has 0 amide bonds. The van der Waals surface area contributed by atoms with Crippen LogP contribution < -0.4 is 5.73 Å². The third-order valence-electron chi connectivity index (χ3n) is 3.34. The van der Waals surface area contributed by atoms with Crippen molar-refractivity contribution in [3.05, 3.63) is 63.6 Å². The maximum Gasteiger partial charge on any atom is 0.306 e. The highest BCUT2D eigenvalue weighted by molar-refractivity contribution is 7.99. The lowest BCUT2D eigenvalue weighted by Gasteiger charge is -2.20. The van der Waals surface area contributed by atoms with Gasteiger partial charge >= 0.3 is 5.97 Å². The maximum absolute atomic E-state index is 11.3. The highest BCUT2D eigenvalue weighted by Crippen LogP contribution is 2.42. The lowest BCUT2D eigenvalue weighted by Crippen LogP contribution is -2.06. The molecule has 2 rings (SSSR count).